The fourth-order valence-electron chi connectivity index (χ4n) is 4.78. The average Bonchev–Trinajstić information content (AvgIpc) is 3.62. The summed E-state index contributed by atoms with van der Waals surface area (Å²) < 4.78 is 36.3. The number of benzene rings is 2. The van der Waals surface area contributed by atoms with E-state index in [1.807, 2.05) is 32.0 Å². The minimum atomic E-state index is -0.680. The number of amides is 1. The van der Waals surface area contributed by atoms with Crippen LogP contribution in [0, 0.1) is 26.6 Å². The fourth-order valence-corrected chi connectivity index (χ4v) is 5.86. The molecular formula is C30H27FN2O7S. The summed E-state index contributed by atoms with van der Waals surface area (Å²) in [6.45, 7) is 5.00. The van der Waals surface area contributed by atoms with E-state index in [2.05, 4.69) is 5.32 Å². The molecule has 2 aromatic carbocycles. The number of fused-ring (bicyclic) bond motifs is 1. The Kier molecular flexibility index (Phi) is 7.80. The summed E-state index contributed by atoms with van der Waals surface area (Å²) in [5.74, 6) is -0.955. The van der Waals surface area contributed by atoms with Crippen molar-refractivity contribution in [3.63, 3.8) is 0 Å². The second-order valence-corrected chi connectivity index (χ2v) is 10.6. The SMILES string of the molecule is COC(=O)c1c(NC(=O)COC(=O)c2cc(C)n(-c3ccc(F)cc3)c2C)sc(C)c1Cc1ccc2c(c1)OCO2. The van der Waals surface area contributed by atoms with Crippen molar-refractivity contribution < 1.29 is 37.7 Å². The molecule has 0 aliphatic carbocycles. The van der Waals surface area contributed by atoms with E-state index in [1.54, 1.807) is 29.7 Å². The summed E-state index contributed by atoms with van der Waals surface area (Å²) in [6.07, 6.45) is 0.401. The van der Waals surface area contributed by atoms with Gasteiger partial charge in [-0.05, 0) is 80.8 Å². The first-order valence-electron chi connectivity index (χ1n) is 12.7. The minimum Gasteiger partial charge on any atom is -0.465 e. The summed E-state index contributed by atoms with van der Waals surface area (Å²) in [7, 11) is 1.27. The number of carbonyl (C=O) groups excluding carboxylic acids is 3. The molecule has 41 heavy (non-hydrogen) atoms. The molecule has 0 saturated carbocycles. The summed E-state index contributed by atoms with van der Waals surface area (Å²) in [6, 6.07) is 13.1. The van der Waals surface area contributed by atoms with Crippen LogP contribution in [0.3, 0.4) is 0 Å². The quantitative estimate of drug-likeness (QED) is 0.275. The average molecular weight is 579 g/mol. The number of aryl methyl sites for hydroxylation is 2. The molecule has 1 N–H and O–H groups in total. The van der Waals surface area contributed by atoms with Gasteiger partial charge in [0.1, 0.15) is 10.8 Å². The molecule has 4 aromatic rings. The van der Waals surface area contributed by atoms with Crippen molar-refractivity contribution >= 4 is 34.2 Å². The van der Waals surface area contributed by atoms with Gasteiger partial charge in [-0.2, -0.15) is 0 Å². The molecule has 9 nitrogen and oxygen atoms in total. The van der Waals surface area contributed by atoms with Crippen LogP contribution in [0.5, 0.6) is 11.5 Å². The lowest BCUT2D eigenvalue weighted by atomic mass is 10.0. The maximum atomic E-state index is 13.4. The van der Waals surface area contributed by atoms with Gasteiger partial charge in [-0.15, -0.1) is 11.3 Å². The second-order valence-electron chi connectivity index (χ2n) is 9.42. The molecule has 212 valence electrons. The molecule has 0 unspecified atom stereocenters. The Morgan fingerprint density at radius 3 is 2.46 bits per heavy atom. The van der Waals surface area contributed by atoms with E-state index in [-0.39, 0.29) is 23.7 Å². The van der Waals surface area contributed by atoms with Crippen LogP contribution < -0.4 is 14.8 Å². The van der Waals surface area contributed by atoms with Gasteiger partial charge in [0.25, 0.3) is 5.91 Å². The Labute approximate surface area is 239 Å². The number of nitrogens with one attached hydrogen (secondary N) is 1. The number of hydrogen-bond donors (Lipinski definition) is 1. The molecule has 0 atom stereocenters. The van der Waals surface area contributed by atoms with E-state index in [9.17, 15) is 18.8 Å². The van der Waals surface area contributed by atoms with Crippen LogP contribution in [-0.2, 0) is 20.7 Å². The predicted molar refractivity (Wildman–Crippen MR) is 150 cm³/mol. The molecule has 0 radical (unpaired) electrons. The molecule has 11 heteroatoms. The number of ether oxygens (including phenoxy) is 4. The van der Waals surface area contributed by atoms with E-state index < -0.39 is 24.5 Å². The number of methoxy groups -OCH3 is 1. The summed E-state index contributed by atoms with van der Waals surface area (Å²) in [5, 5.41) is 3.01. The number of carbonyl (C=O) groups is 3. The van der Waals surface area contributed by atoms with Crippen LogP contribution in [0.15, 0.2) is 48.5 Å². The topological polar surface area (TPSA) is 105 Å². The lowest BCUT2D eigenvalue weighted by Crippen LogP contribution is -2.22. The Morgan fingerprint density at radius 1 is 1.00 bits per heavy atom. The number of esters is 2. The zero-order chi connectivity index (χ0) is 29.3. The molecule has 0 fully saturated rings. The van der Waals surface area contributed by atoms with Crippen LogP contribution in [-0.4, -0.2) is 42.9 Å². The van der Waals surface area contributed by atoms with E-state index >= 15 is 0 Å². The van der Waals surface area contributed by atoms with Gasteiger partial charge in [0, 0.05) is 22.0 Å². The van der Waals surface area contributed by atoms with Gasteiger partial charge >= 0.3 is 11.9 Å². The van der Waals surface area contributed by atoms with Crippen molar-refractivity contribution in [3.8, 4) is 17.2 Å². The summed E-state index contributed by atoms with van der Waals surface area (Å²) in [4.78, 5) is 39.3. The van der Waals surface area contributed by atoms with Gasteiger partial charge in [-0.1, -0.05) is 6.07 Å². The van der Waals surface area contributed by atoms with Gasteiger partial charge in [0.2, 0.25) is 6.79 Å². The van der Waals surface area contributed by atoms with Gasteiger partial charge in [0.15, 0.2) is 18.1 Å². The predicted octanol–water partition coefficient (Wildman–Crippen LogP) is 5.50. The molecular weight excluding hydrogens is 551 g/mol. The van der Waals surface area contributed by atoms with Crippen molar-refractivity contribution in [3.05, 3.63) is 92.9 Å². The maximum Gasteiger partial charge on any atom is 0.341 e. The van der Waals surface area contributed by atoms with Crippen molar-refractivity contribution in [2.24, 2.45) is 0 Å². The minimum absolute atomic E-state index is 0.156. The van der Waals surface area contributed by atoms with Crippen LogP contribution in [0.25, 0.3) is 5.69 Å². The highest BCUT2D eigenvalue weighted by Crippen LogP contribution is 2.37. The Bertz CT molecular complexity index is 1660. The standard InChI is InChI=1S/C30H27FN2O7S/c1-16-11-22(17(2)33(16)21-8-6-20(31)7-9-21)29(35)38-14-26(34)32-28-27(30(36)37-4)23(18(3)41-28)12-19-5-10-24-25(13-19)40-15-39-24/h5-11,13H,12,14-15H2,1-4H3,(H,32,34). The maximum absolute atomic E-state index is 13.4. The highest BCUT2D eigenvalue weighted by atomic mass is 32.1. The summed E-state index contributed by atoms with van der Waals surface area (Å²) >= 11 is 1.24. The van der Waals surface area contributed by atoms with Crippen molar-refractivity contribution in [1.82, 2.24) is 4.57 Å². The van der Waals surface area contributed by atoms with E-state index in [1.165, 1.54) is 30.6 Å². The zero-order valence-electron chi connectivity index (χ0n) is 22.8. The van der Waals surface area contributed by atoms with Crippen LogP contribution >= 0.6 is 11.3 Å². The highest BCUT2D eigenvalue weighted by molar-refractivity contribution is 7.16. The third kappa shape index (κ3) is 5.66. The first-order valence-corrected chi connectivity index (χ1v) is 13.5. The van der Waals surface area contributed by atoms with Gasteiger partial charge in [-0.3, -0.25) is 4.79 Å². The smallest absolute Gasteiger partial charge is 0.341 e. The van der Waals surface area contributed by atoms with Crippen molar-refractivity contribution in [1.29, 1.82) is 0 Å². The molecule has 1 aliphatic heterocycles. The third-order valence-electron chi connectivity index (χ3n) is 6.74. The number of halogens is 1. The number of hydrogen-bond acceptors (Lipinski definition) is 8. The first kappa shape index (κ1) is 27.9. The molecule has 2 aromatic heterocycles. The van der Waals surface area contributed by atoms with Crippen LogP contribution in [0.4, 0.5) is 9.39 Å². The normalized spacial score (nSPS) is 11.8. The lowest BCUT2D eigenvalue weighted by Gasteiger charge is -2.10. The van der Waals surface area contributed by atoms with E-state index in [4.69, 9.17) is 18.9 Å². The van der Waals surface area contributed by atoms with Crippen molar-refractivity contribution in [2.75, 3.05) is 25.8 Å². The lowest BCUT2D eigenvalue weighted by molar-refractivity contribution is -0.119. The van der Waals surface area contributed by atoms with Gasteiger partial charge in [-0.25, -0.2) is 14.0 Å². The number of nitrogens with zero attached hydrogens (tertiary/aromatic N) is 1. The first-order chi connectivity index (χ1) is 19.7. The van der Waals surface area contributed by atoms with E-state index in [0.29, 0.717) is 39.9 Å². The Balaban J connectivity index is 1.29. The molecule has 1 aliphatic rings. The monoisotopic (exact) mass is 578 g/mol. The fraction of sp³-hybridized carbons (Fsp3) is 0.233. The number of aromatic nitrogens is 1. The Morgan fingerprint density at radius 2 is 1.73 bits per heavy atom. The van der Waals surface area contributed by atoms with Gasteiger partial charge < -0.3 is 28.8 Å². The molecule has 0 bridgehead atoms. The number of anilines is 1. The summed E-state index contributed by atoms with van der Waals surface area (Å²) in [5.41, 5.74) is 4.17. The molecule has 0 saturated heterocycles. The third-order valence-corrected chi connectivity index (χ3v) is 7.80. The number of rotatable bonds is 8. The largest absolute Gasteiger partial charge is 0.465 e. The Hall–Kier alpha value is -4.64. The zero-order valence-corrected chi connectivity index (χ0v) is 23.6. The molecule has 5 rings (SSSR count). The molecule has 0 spiro atoms. The van der Waals surface area contributed by atoms with Crippen LogP contribution in [0.2, 0.25) is 0 Å². The van der Waals surface area contributed by atoms with Crippen LogP contribution in [0.1, 0.15) is 48.1 Å². The number of thiophene rings is 1. The van der Waals surface area contributed by atoms with Crippen molar-refractivity contribution in [2.45, 2.75) is 27.2 Å². The second kappa shape index (κ2) is 11.5. The van der Waals surface area contributed by atoms with E-state index in [0.717, 1.165) is 16.1 Å². The highest BCUT2D eigenvalue weighted by Gasteiger charge is 2.26. The van der Waals surface area contributed by atoms with Gasteiger partial charge in [0.05, 0.1) is 18.2 Å². The molecule has 3 heterocycles. The molecule has 1 amide bonds.